The van der Waals surface area contributed by atoms with Crippen LogP contribution >= 0.6 is 22.6 Å². The first-order valence-electron chi connectivity index (χ1n) is 4.87. The summed E-state index contributed by atoms with van der Waals surface area (Å²) in [4.78, 5) is 13.7. The normalized spacial score (nSPS) is 16.3. The van der Waals surface area contributed by atoms with E-state index in [0.717, 1.165) is 9.13 Å². The van der Waals surface area contributed by atoms with Gasteiger partial charge in [0, 0.05) is 29.2 Å². The van der Waals surface area contributed by atoms with Gasteiger partial charge in [-0.1, -0.05) is 12.1 Å². The summed E-state index contributed by atoms with van der Waals surface area (Å²) in [6.07, 6.45) is 0. The molecule has 1 aliphatic rings. The minimum absolute atomic E-state index is 0.0738. The van der Waals surface area contributed by atoms with Crippen molar-refractivity contribution in [1.82, 2.24) is 4.90 Å². The summed E-state index contributed by atoms with van der Waals surface area (Å²) in [5.74, 6) is 0.347. The van der Waals surface area contributed by atoms with Gasteiger partial charge in [-0.05, 0) is 34.7 Å². The second-order valence-electron chi connectivity index (χ2n) is 3.74. The Morgan fingerprint density at radius 1 is 1.47 bits per heavy atom. The number of rotatable bonds is 2. The van der Waals surface area contributed by atoms with Crippen molar-refractivity contribution in [2.45, 2.75) is 0 Å². The molecule has 0 spiro atoms. The third-order valence-electron chi connectivity index (χ3n) is 2.61. The highest BCUT2D eigenvalue weighted by molar-refractivity contribution is 14.1. The zero-order chi connectivity index (χ0) is 10.8. The molecule has 1 heterocycles. The summed E-state index contributed by atoms with van der Waals surface area (Å²) >= 11 is 2.17. The number of aliphatic hydroxyl groups is 1. The van der Waals surface area contributed by atoms with E-state index in [0.29, 0.717) is 13.1 Å². The third kappa shape index (κ3) is 2.15. The van der Waals surface area contributed by atoms with Gasteiger partial charge in [0.05, 0.1) is 5.56 Å². The largest absolute Gasteiger partial charge is 0.396 e. The summed E-state index contributed by atoms with van der Waals surface area (Å²) < 4.78 is 0.979. The zero-order valence-electron chi connectivity index (χ0n) is 8.19. The van der Waals surface area contributed by atoms with E-state index >= 15 is 0 Å². The van der Waals surface area contributed by atoms with Gasteiger partial charge in [-0.25, -0.2) is 0 Å². The molecular formula is C11H12INO2. The molecule has 0 bridgehead atoms. The standard InChI is InChI=1S/C11H12INO2/c12-10-4-2-1-3-9(10)11(15)13-5-8(6-13)7-14/h1-4,8,14H,5-7H2. The Kier molecular flexibility index (Phi) is 3.25. The van der Waals surface area contributed by atoms with E-state index in [1.165, 1.54) is 0 Å². The van der Waals surface area contributed by atoms with Crippen molar-refractivity contribution in [3.8, 4) is 0 Å². The lowest BCUT2D eigenvalue weighted by molar-refractivity contribution is 0.0361. The molecule has 1 aromatic rings. The van der Waals surface area contributed by atoms with E-state index in [4.69, 9.17) is 5.11 Å². The number of carbonyl (C=O) groups is 1. The van der Waals surface area contributed by atoms with Crippen LogP contribution in [0.2, 0.25) is 0 Å². The lowest BCUT2D eigenvalue weighted by Crippen LogP contribution is -2.51. The van der Waals surface area contributed by atoms with Crippen LogP contribution in [0.5, 0.6) is 0 Å². The first kappa shape index (κ1) is 10.9. The molecule has 1 aliphatic heterocycles. The predicted molar refractivity (Wildman–Crippen MR) is 65.6 cm³/mol. The van der Waals surface area contributed by atoms with E-state index < -0.39 is 0 Å². The highest BCUT2D eigenvalue weighted by atomic mass is 127. The summed E-state index contributed by atoms with van der Waals surface area (Å²) in [7, 11) is 0. The van der Waals surface area contributed by atoms with Crippen molar-refractivity contribution in [3.63, 3.8) is 0 Å². The molecule has 15 heavy (non-hydrogen) atoms. The molecule has 0 radical (unpaired) electrons. The zero-order valence-corrected chi connectivity index (χ0v) is 10.3. The minimum atomic E-state index is 0.0738. The third-order valence-corrected chi connectivity index (χ3v) is 3.55. The maximum absolute atomic E-state index is 11.9. The molecule has 1 amide bonds. The number of nitrogens with zero attached hydrogens (tertiary/aromatic N) is 1. The van der Waals surface area contributed by atoms with Crippen molar-refractivity contribution in [3.05, 3.63) is 33.4 Å². The van der Waals surface area contributed by atoms with Crippen LogP contribution in [0, 0.1) is 9.49 Å². The smallest absolute Gasteiger partial charge is 0.254 e. The van der Waals surface area contributed by atoms with Gasteiger partial charge in [-0.3, -0.25) is 4.79 Å². The average Bonchev–Trinajstić information content (AvgIpc) is 2.16. The van der Waals surface area contributed by atoms with Gasteiger partial charge in [0.1, 0.15) is 0 Å². The fourth-order valence-corrected chi connectivity index (χ4v) is 2.27. The number of hydrogen-bond acceptors (Lipinski definition) is 2. The van der Waals surface area contributed by atoms with Crippen molar-refractivity contribution in [2.75, 3.05) is 19.7 Å². The monoisotopic (exact) mass is 317 g/mol. The highest BCUT2D eigenvalue weighted by Gasteiger charge is 2.30. The van der Waals surface area contributed by atoms with Gasteiger partial charge in [-0.15, -0.1) is 0 Å². The van der Waals surface area contributed by atoms with E-state index in [9.17, 15) is 4.79 Å². The van der Waals surface area contributed by atoms with E-state index in [2.05, 4.69) is 22.6 Å². The van der Waals surface area contributed by atoms with E-state index in [1.807, 2.05) is 24.3 Å². The van der Waals surface area contributed by atoms with Crippen LogP contribution in [0.4, 0.5) is 0 Å². The van der Waals surface area contributed by atoms with Crippen LogP contribution in [0.3, 0.4) is 0 Å². The molecule has 0 aliphatic carbocycles. The molecule has 0 saturated carbocycles. The van der Waals surface area contributed by atoms with Gasteiger partial charge < -0.3 is 10.0 Å². The van der Waals surface area contributed by atoms with Crippen molar-refractivity contribution >= 4 is 28.5 Å². The fraction of sp³-hybridized carbons (Fsp3) is 0.364. The summed E-state index contributed by atoms with van der Waals surface area (Å²) in [6.45, 7) is 1.54. The molecule has 4 heteroatoms. The van der Waals surface area contributed by atoms with Crippen molar-refractivity contribution in [2.24, 2.45) is 5.92 Å². The number of likely N-dealkylation sites (tertiary alicyclic amines) is 1. The molecule has 0 unspecified atom stereocenters. The van der Waals surface area contributed by atoms with Crippen molar-refractivity contribution in [1.29, 1.82) is 0 Å². The maximum Gasteiger partial charge on any atom is 0.254 e. The molecule has 2 rings (SSSR count). The van der Waals surface area contributed by atoms with Gasteiger partial charge in [0.25, 0.3) is 5.91 Å². The summed E-state index contributed by atoms with van der Waals surface area (Å²) in [5, 5.41) is 8.87. The molecule has 1 aromatic carbocycles. The number of aliphatic hydroxyl groups excluding tert-OH is 1. The van der Waals surface area contributed by atoms with Crippen LogP contribution in [0.15, 0.2) is 24.3 Å². The Morgan fingerprint density at radius 3 is 2.73 bits per heavy atom. The quantitative estimate of drug-likeness (QED) is 0.837. The van der Waals surface area contributed by atoms with Gasteiger partial charge in [0.2, 0.25) is 0 Å². The number of hydrogen-bond donors (Lipinski definition) is 1. The Morgan fingerprint density at radius 2 is 2.13 bits per heavy atom. The van der Waals surface area contributed by atoms with Gasteiger partial charge in [-0.2, -0.15) is 0 Å². The van der Waals surface area contributed by atoms with Crippen LogP contribution in [0.25, 0.3) is 0 Å². The predicted octanol–water partition coefficient (Wildman–Crippen LogP) is 1.36. The number of benzene rings is 1. The van der Waals surface area contributed by atoms with E-state index in [1.54, 1.807) is 4.90 Å². The lowest BCUT2D eigenvalue weighted by atomic mass is 10.00. The molecule has 0 atom stereocenters. The van der Waals surface area contributed by atoms with Crippen LogP contribution < -0.4 is 0 Å². The summed E-state index contributed by atoms with van der Waals surface area (Å²) in [6, 6.07) is 7.57. The van der Waals surface area contributed by atoms with Crippen LogP contribution in [-0.4, -0.2) is 35.6 Å². The lowest BCUT2D eigenvalue weighted by Gasteiger charge is -2.38. The summed E-state index contributed by atoms with van der Waals surface area (Å²) in [5.41, 5.74) is 0.759. The Hall–Kier alpha value is -0.620. The van der Waals surface area contributed by atoms with Gasteiger partial charge >= 0.3 is 0 Å². The maximum atomic E-state index is 11.9. The molecule has 1 fully saturated rings. The highest BCUT2D eigenvalue weighted by Crippen LogP contribution is 2.20. The minimum Gasteiger partial charge on any atom is -0.396 e. The first-order chi connectivity index (χ1) is 7.22. The average molecular weight is 317 g/mol. The Bertz CT molecular complexity index is 375. The van der Waals surface area contributed by atoms with E-state index in [-0.39, 0.29) is 18.4 Å². The first-order valence-corrected chi connectivity index (χ1v) is 5.95. The molecule has 1 N–H and O–H groups in total. The van der Waals surface area contributed by atoms with Crippen molar-refractivity contribution < 1.29 is 9.90 Å². The number of halogens is 1. The molecule has 0 aromatic heterocycles. The Balaban J connectivity index is 2.07. The second-order valence-corrected chi connectivity index (χ2v) is 4.90. The van der Waals surface area contributed by atoms with Crippen LogP contribution in [-0.2, 0) is 0 Å². The number of carbonyl (C=O) groups excluding carboxylic acids is 1. The molecule has 1 saturated heterocycles. The second kappa shape index (κ2) is 4.49. The molecule has 3 nitrogen and oxygen atoms in total. The number of amides is 1. The fourth-order valence-electron chi connectivity index (χ4n) is 1.66. The molecular weight excluding hydrogens is 305 g/mol. The topological polar surface area (TPSA) is 40.5 Å². The van der Waals surface area contributed by atoms with Crippen LogP contribution in [0.1, 0.15) is 10.4 Å². The molecule has 80 valence electrons. The van der Waals surface area contributed by atoms with Gasteiger partial charge in [0.15, 0.2) is 0 Å². The SMILES string of the molecule is O=C(c1ccccc1I)N1CC(CO)C1. The Labute approximate surface area is 102 Å².